The number of hydrogen-bond donors (Lipinski definition) is 3. The van der Waals surface area contributed by atoms with Crippen molar-refractivity contribution in [1.29, 1.82) is 0 Å². The van der Waals surface area contributed by atoms with Gasteiger partial charge in [0, 0.05) is 15.9 Å². The van der Waals surface area contributed by atoms with Gasteiger partial charge in [0.05, 0.1) is 26.0 Å². The van der Waals surface area contributed by atoms with Crippen molar-refractivity contribution in [1.82, 2.24) is 10.6 Å². The van der Waals surface area contributed by atoms with Gasteiger partial charge in [-0.1, -0.05) is 28.1 Å². The molecule has 0 bridgehead atoms. The van der Waals surface area contributed by atoms with Crippen LogP contribution in [0.5, 0.6) is 11.5 Å². The molecule has 3 N–H and O–H groups in total. The lowest BCUT2D eigenvalue weighted by Gasteiger charge is -2.33. The van der Waals surface area contributed by atoms with Gasteiger partial charge in [-0.3, -0.25) is 0 Å². The van der Waals surface area contributed by atoms with Crippen molar-refractivity contribution < 1.29 is 9.47 Å². The maximum absolute atomic E-state index is 5.73. The van der Waals surface area contributed by atoms with E-state index >= 15 is 0 Å². The summed E-state index contributed by atoms with van der Waals surface area (Å²) in [5.74, 6) is 1.68. The van der Waals surface area contributed by atoms with Crippen LogP contribution in [0, 0.1) is 0 Å². The average molecular weight is 577 g/mol. The number of allylic oxidation sites excluding steroid dienone is 1. The Morgan fingerprint density at radius 1 is 0.865 bits per heavy atom. The highest BCUT2D eigenvalue weighted by Gasteiger charge is 2.31. The Labute approximate surface area is 232 Å². The highest BCUT2D eigenvalue weighted by atomic mass is 79.9. The van der Waals surface area contributed by atoms with Crippen LogP contribution in [0.3, 0.4) is 0 Å². The third kappa shape index (κ3) is 5.68. The first kappa shape index (κ1) is 25.4. The largest absolute Gasteiger partial charge is 0.497 e. The molecule has 5 rings (SSSR count). The van der Waals surface area contributed by atoms with Crippen LogP contribution in [0.4, 0.5) is 5.69 Å². The second kappa shape index (κ2) is 11.4. The van der Waals surface area contributed by atoms with E-state index in [4.69, 9.17) is 21.7 Å². The summed E-state index contributed by atoms with van der Waals surface area (Å²) in [6, 6.07) is 24.8. The molecule has 37 heavy (non-hydrogen) atoms. The van der Waals surface area contributed by atoms with Gasteiger partial charge in [-0.2, -0.15) is 0 Å². The highest BCUT2D eigenvalue weighted by Crippen LogP contribution is 2.40. The first-order valence-electron chi connectivity index (χ1n) is 12.4. The first-order chi connectivity index (χ1) is 18.1. The van der Waals surface area contributed by atoms with Crippen molar-refractivity contribution in [2.45, 2.75) is 31.7 Å². The minimum Gasteiger partial charge on any atom is -0.497 e. The predicted octanol–water partition coefficient (Wildman–Crippen LogP) is 7.34. The van der Waals surface area contributed by atoms with Crippen LogP contribution in [0.15, 0.2) is 94.1 Å². The van der Waals surface area contributed by atoms with Gasteiger partial charge in [0.2, 0.25) is 0 Å². The molecule has 5 nitrogen and oxygen atoms in total. The maximum atomic E-state index is 5.73. The third-order valence-corrected chi connectivity index (χ3v) is 7.60. The Balaban J connectivity index is 1.66. The van der Waals surface area contributed by atoms with Gasteiger partial charge in [0.25, 0.3) is 0 Å². The van der Waals surface area contributed by atoms with Crippen LogP contribution in [0.1, 0.15) is 42.9 Å². The van der Waals surface area contributed by atoms with Gasteiger partial charge in [0.15, 0.2) is 5.11 Å². The van der Waals surface area contributed by atoms with E-state index in [2.05, 4.69) is 68.3 Å². The SMILES string of the molecule is COc1ccc(/C(Nc2ccc(Br)cc2)=C2/CCCCC3=C2NC(=S)NC3c2ccc(OC)cc2)cc1. The molecular formula is C30H30BrN3O2S. The molecule has 0 aromatic heterocycles. The smallest absolute Gasteiger partial charge is 0.171 e. The van der Waals surface area contributed by atoms with Crippen molar-refractivity contribution in [2.75, 3.05) is 19.5 Å². The molecule has 1 aliphatic carbocycles. The summed E-state index contributed by atoms with van der Waals surface area (Å²) in [4.78, 5) is 0. The molecule has 0 spiro atoms. The molecule has 3 aromatic rings. The van der Waals surface area contributed by atoms with E-state index in [-0.39, 0.29) is 6.04 Å². The average Bonchev–Trinajstić information content (AvgIpc) is 3.15. The zero-order chi connectivity index (χ0) is 25.8. The molecule has 190 valence electrons. The predicted molar refractivity (Wildman–Crippen MR) is 158 cm³/mol. The summed E-state index contributed by atoms with van der Waals surface area (Å²) in [6.07, 6.45) is 4.13. The van der Waals surface area contributed by atoms with E-state index in [9.17, 15) is 0 Å². The molecule has 0 saturated heterocycles. The Bertz CT molecular complexity index is 1330. The van der Waals surface area contributed by atoms with E-state index < -0.39 is 0 Å². The minimum atomic E-state index is 0.00699. The minimum absolute atomic E-state index is 0.00699. The zero-order valence-corrected chi connectivity index (χ0v) is 23.3. The number of rotatable bonds is 6. The van der Waals surface area contributed by atoms with Crippen LogP contribution >= 0.6 is 28.1 Å². The Morgan fingerprint density at radius 2 is 1.49 bits per heavy atom. The van der Waals surface area contributed by atoms with E-state index in [0.29, 0.717) is 5.11 Å². The Kier molecular flexibility index (Phi) is 7.82. The lowest BCUT2D eigenvalue weighted by atomic mass is 9.90. The number of nitrogens with one attached hydrogen (secondary N) is 3. The molecule has 3 aromatic carbocycles. The van der Waals surface area contributed by atoms with E-state index in [1.165, 1.54) is 16.7 Å². The summed E-state index contributed by atoms with van der Waals surface area (Å²) in [5.41, 5.74) is 8.06. The molecule has 1 aliphatic heterocycles. The molecular weight excluding hydrogens is 546 g/mol. The van der Waals surface area contributed by atoms with E-state index in [1.807, 2.05) is 36.4 Å². The first-order valence-corrected chi connectivity index (χ1v) is 13.6. The number of hydrogen-bond acceptors (Lipinski definition) is 4. The molecule has 0 radical (unpaired) electrons. The van der Waals surface area contributed by atoms with Crippen LogP contribution in [-0.4, -0.2) is 19.3 Å². The molecule has 0 amide bonds. The number of anilines is 1. The standard InChI is InChI=1S/C30H30BrN3O2S/c1-35-23-15-7-19(8-16-23)27(32-22-13-11-21(31)12-14-22)25-5-3-4-6-26-28(33-30(37)34-29(25)26)20-9-17-24(36-2)18-10-20/h7-18,28,32H,3-6H2,1-2H3,(H2,33,34,37)/b27-25+. The number of halogens is 1. The summed E-state index contributed by atoms with van der Waals surface area (Å²) >= 11 is 9.28. The monoisotopic (exact) mass is 575 g/mol. The number of ether oxygens (including phenoxy) is 2. The Hall–Kier alpha value is -3.29. The normalized spacial score (nSPS) is 18.7. The molecule has 1 unspecified atom stereocenters. The summed E-state index contributed by atoms with van der Waals surface area (Å²) in [6.45, 7) is 0. The molecule has 0 fully saturated rings. The summed E-state index contributed by atoms with van der Waals surface area (Å²) in [7, 11) is 3.38. The second-order valence-corrected chi connectivity index (χ2v) is 10.4. The van der Waals surface area contributed by atoms with Gasteiger partial charge < -0.3 is 25.4 Å². The van der Waals surface area contributed by atoms with Crippen LogP contribution in [0.2, 0.25) is 0 Å². The second-order valence-electron chi connectivity index (χ2n) is 9.13. The van der Waals surface area contributed by atoms with Crippen LogP contribution in [-0.2, 0) is 0 Å². The number of thiocarbonyl (C=S) groups is 1. The summed E-state index contributed by atoms with van der Waals surface area (Å²) in [5, 5.41) is 11.4. The van der Waals surface area contributed by atoms with Gasteiger partial charge in [-0.25, -0.2) is 0 Å². The quantitative estimate of drug-likeness (QED) is 0.267. The van der Waals surface area contributed by atoms with Gasteiger partial charge in [-0.05, 0) is 121 Å². The van der Waals surface area contributed by atoms with Crippen molar-refractivity contribution in [3.63, 3.8) is 0 Å². The fourth-order valence-electron chi connectivity index (χ4n) is 4.96. The molecule has 0 saturated carbocycles. The molecule has 2 aliphatic rings. The zero-order valence-electron chi connectivity index (χ0n) is 20.9. The molecule has 1 atom stereocenters. The van der Waals surface area contributed by atoms with E-state index in [1.54, 1.807) is 14.2 Å². The number of benzene rings is 3. The van der Waals surface area contributed by atoms with Crippen molar-refractivity contribution >= 4 is 44.6 Å². The molecule has 7 heteroatoms. The van der Waals surface area contributed by atoms with Crippen LogP contribution < -0.4 is 25.4 Å². The molecule has 1 heterocycles. The Morgan fingerprint density at radius 3 is 2.14 bits per heavy atom. The fourth-order valence-corrected chi connectivity index (χ4v) is 5.45. The van der Waals surface area contributed by atoms with Crippen LogP contribution in [0.25, 0.3) is 5.70 Å². The topological polar surface area (TPSA) is 54.5 Å². The summed E-state index contributed by atoms with van der Waals surface area (Å²) < 4.78 is 11.9. The van der Waals surface area contributed by atoms with E-state index in [0.717, 1.165) is 64.3 Å². The fraction of sp³-hybridized carbons (Fsp3) is 0.233. The lowest BCUT2D eigenvalue weighted by molar-refractivity contribution is 0.414. The van der Waals surface area contributed by atoms with Crippen molar-refractivity contribution in [3.8, 4) is 11.5 Å². The lowest BCUT2D eigenvalue weighted by Crippen LogP contribution is -2.44. The number of methoxy groups -OCH3 is 2. The van der Waals surface area contributed by atoms with Crippen molar-refractivity contribution in [2.24, 2.45) is 0 Å². The third-order valence-electron chi connectivity index (χ3n) is 6.85. The van der Waals surface area contributed by atoms with Crippen molar-refractivity contribution in [3.05, 3.63) is 105 Å². The van der Waals surface area contributed by atoms with Gasteiger partial charge in [-0.15, -0.1) is 0 Å². The maximum Gasteiger partial charge on any atom is 0.171 e. The van der Waals surface area contributed by atoms with Gasteiger partial charge >= 0.3 is 0 Å². The van der Waals surface area contributed by atoms with Gasteiger partial charge in [0.1, 0.15) is 11.5 Å². The highest BCUT2D eigenvalue weighted by molar-refractivity contribution is 9.10.